The Labute approximate surface area is 170 Å². The Bertz CT molecular complexity index is 976. The van der Waals surface area contributed by atoms with Gasteiger partial charge in [-0.3, -0.25) is 4.79 Å². The second-order valence-electron chi connectivity index (χ2n) is 6.47. The highest BCUT2D eigenvalue weighted by Crippen LogP contribution is 2.20. The molecule has 1 amide bonds. The predicted octanol–water partition coefficient (Wildman–Crippen LogP) is 3.87. The zero-order chi connectivity index (χ0) is 20.5. The van der Waals surface area contributed by atoms with Crippen molar-refractivity contribution in [2.24, 2.45) is 11.7 Å². The molecule has 6 nitrogen and oxygen atoms in total. The number of ether oxygens (including phenoxy) is 1. The molecular formula is C23H24N4O2. The number of amides is 1. The van der Waals surface area contributed by atoms with Gasteiger partial charge in [-0.1, -0.05) is 42.5 Å². The van der Waals surface area contributed by atoms with E-state index in [-0.39, 0.29) is 5.92 Å². The minimum absolute atomic E-state index is 0.208. The molecule has 29 heavy (non-hydrogen) atoms. The first kappa shape index (κ1) is 20.2. The summed E-state index contributed by atoms with van der Waals surface area (Å²) >= 11 is 0. The number of allylic oxidation sites excluding steroid dienone is 4. The van der Waals surface area contributed by atoms with Crippen molar-refractivity contribution in [1.29, 1.82) is 0 Å². The highest BCUT2D eigenvalue weighted by atomic mass is 16.5. The van der Waals surface area contributed by atoms with Crippen LogP contribution in [0.15, 0.2) is 84.8 Å². The Kier molecular flexibility index (Phi) is 7.08. The number of anilines is 1. The van der Waals surface area contributed by atoms with Crippen LogP contribution in [-0.4, -0.2) is 29.1 Å². The Morgan fingerprint density at radius 2 is 2.21 bits per heavy atom. The monoisotopic (exact) mass is 388 g/mol. The number of hydrogen-bond acceptors (Lipinski definition) is 5. The third-order valence-electron chi connectivity index (χ3n) is 4.27. The summed E-state index contributed by atoms with van der Waals surface area (Å²) in [4.78, 5) is 20.3. The van der Waals surface area contributed by atoms with Crippen LogP contribution >= 0.6 is 0 Å². The zero-order valence-corrected chi connectivity index (χ0v) is 16.3. The van der Waals surface area contributed by atoms with Crippen LogP contribution in [0.3, 0.4) is 0 Å². The number of primary amides is 1. The number of aromatic nitrogens is 2. The molecule has 2 aromatic rings. The maximum atomic E-state index is 11.4. The Morgan fingerprint density at radius 3 is 3.03 bits per heavy atom. The van der Waals surface area contributed by atoms with Crippen LogP contribution < -0.4 is 11.1 Å². The van der Waals surface area contributed by atoms with Crippen LogP contribution in [0, 0.1) is 5.92 Å². The van der Waals surface area contributed by atoms with Crippen molar-refractivity contribution in [2.75, 3.05) is 18.5 Å². The molecule has 0 bridgehead atoms. The number of nitrogens with one attached hydrogen (secondary N) is 1. The summed E-state index contributed by atoms with van der Waals surface area (Å²) in [5.41, 5.74) is 8.19. The van der Waals surface area contributed by atoms with Crippen molar-refractivity contribution < 1.29 is 9.53 Å². The van der Waals surface area contributed by atoms with E-state index in [4.69, 9.17) is 10.5 Å². The molecule has 148 valence electrons. The number of carbonyl (C=O) groups excluding carboxylic acids is 1. The van der Waals surface area contributed by atoms with Crippen molar-refractivity contribution in [3.8, 4) is 11.3 Å². The van der Waals surface area contributed by atoms with Crippen molar-refractivity contribution in [1.82, 2.24) is 9.97 Å². The average Bonchev–Trinajstić information content (AvgIpc) is 2.97. The van der Waals surface area contributed by atoms with Gasteiger partial charge in [0.2, 0.25) is 11.9 Å². The minimum atomic E-state index is -0.468. The lowest BCUT2D eigenvalue weighted by atomic mass is 10.1. The van der Waals surface area contributed by atoms with Crippen molar-refractivity contribution in [3.05, 3.63) is 90.3 Å². The van der Waals surface area contributed by atoms with Gasteiger partial charge in [-0.15, -0.1) is 0 Å². The summed E-state index contributed by atoms with van der Waals surface area (Å²) < 4.78 is 5.62. The van der Waals surface area contributed by atoms with Crippen molar-refractivity contribution in [2.45, 2.75) is 6.92 Å². The fourth-order valence-electron chi connectivity index (χ4n) is 2.75. The molecule has 3 rings (SSSR count). The Balaban J connectivity index is 1.68. The smallest absolute Gasteiger partial charge is 0.248 e. The number of carbonyl (C=O) groups is 1. The van der Waals surface area contributed by atoms with Gasteiger partial charge >= 0.3 is 0 Å². The summed E-state index contributed by atoms with van der Waals surface area (Å²) in [6.45, 7) is 3.22. The molecule has 1 heterocycles. The summed E-state index contributed by atoms with van der Waals surface area (Å²) in [5, 5.41) is 3.22. The van der Waals surface area contributed by atoms with E-state index in [9.17, 15) is 4.79 Å². The van der Waals surface area contributed by atoms with Gasteiger partial charge in [-0.05, 0) is 37.3 Å². The van der Waals surface area contributed by atoms with Crippen molar-refractivity contribution in [3.63, 3.8) is 0 Å². The molecular weight excluding hydrogens is 364 g/mol. The topological polar surface area (TPSA) is 90.1 Å². The molecule has 1 aliphatic rings. The number of rotatable bonds is 8. The molecule has 3 N–H and O–H groups in total. The largest absolute Gasteiger partial charge is 0.376 e. The van der Waals surface area contributed by atoms with Crippen LogP contribution in [0.25, 0.3) is 11.3 Å². The van der Waals surface area contributed by atoms with E-state index in [0.717, 1.165) is 11.3 Å². The first-order valence-electron chi connectivity index (χ1n) is 9.41. The quantitative estimate of drug-likeness (QED) is 0.529. The van der Waals surface area contributed by atoms with Gasteiger partial charge in [0.05, 0.1) is 18.9 Å². The van der Waals surface area contributed by atoms with E-state index in [1.807, 2.05) is 43.4 Å². The molecule has 0 saturated heterocycles. The summed E-state index contributed by atoms with van der Waals surface area (Å²) in [7, 11) is 0. The second-order valence-corrected chi connectivity index (χ2v) is 6.47. The van der Waals surface area contributed by atoms with E-state index >= 15 is 0 Å². The van der Waals surface area contributed by atoms with Gasteiger partial charge in [0, 0.05) is 28.9 Å². The Hall–Kier alpha value is -3.51. The van der Waals surface area contributed by atoms with Crippen LogP contribution in [0.5, 0.6) is 0 Å². The zero-order valence-electron chi connectivity index (χ0n) is 16.3. The molecule has 0 aliphatic heterocycles. The third kappa shape index (κ3) is 5.99. The first-order valence-corrected chi connectivity index (χ1v) is 9.41. The van der Waals surface area contributed by atoms with Gasteiger partial charge in [0.15, 0.2) is 0 Å². The molecule has 1 aromatic carbocycles. The van der Waals surface area contributed by atoms with Crippen LogP contribution in [-0.2, 0) is 4.74 Å². The van der Waals surface area contributed by atoms with Gasteiger partial charge in [-0.25, -0.2) is 9.97 Å². The lowest BCUT2D eigenvalue weighted by molar-refractivity contribution is 0.100. The normalized spacial score (nSPS) is 15.9. The summed E-state index contributed by atoms with van der Waals surface area (Å²) in [5.74, 6) is 0.211. The van der Waals surface area contributed by atoms with Gasteiger partial charge < -0.3 is 15.8 Å². The molecule has 1 aromatic heterocycles. The number of benzene rings is 1. The average molecular weight is 388 g/mol. The van der Waals surface area contributed by atoms with E-state index in [1.165, 1.54) is 0 Å². The van der Waals surface area contributed by atoms with Crippen LogP contribution in [0.1, 0.15) is 17.3 Å². The van der Waals surface area contributed by atoms with E-state index in [1.54, 1.807) is 30.5 Å². The van der Waals surface area contributed by atoms with E-state index in [0.29, 0.717) is 30.4 Å². The highest BCUT2D eigenvalue weighted by molar-refractivity contribution is 5.94. The highest BCUT2D eigenvalue weighted by Gasteiger charge is 2.08. The molecule has 0 saturated carbocycles. The number of hydrogen-bond donors (Lipinski definition) is 2. The summed E-state index contributed by atoms with van der Waals surface area (Å²) in [6.07, 6.45) is 15.8. The van der Waals surface area contributed by atoms with Gasteiger partial charge in [-0.2, -0.15) is 0 Å². The predicted molar refractivity (Wildman–Crippen MR) is 115 cm³/mol. The third-order valence-corrected chi connectivity index (χ3v) is 4.27. The second kappa shape index (κ2) is 10.1. The van der Waals surface area contributed by atoms with Crippen LogP contribution in [0.4, 0.5) is 5.95 Å². The molecule has 0 fully saturated rings. The molecule has 1 unspecified atom stereocenters. The first-order chi connectivity index (χ1) is 14.2. The fourth-order valence-corrected chi connectivity index (χ4v) is 2.75. The lowest BCUT2D eigenvalue weighted by Crippen LogP contribution is -2.10. The lowest BCUT2D eigenvalue weighted by Gasteiger charge is -2.08. The Morgan fingerprint density at radius 1 is 1.31 bits per heavy atom. The SMILES string of the molecule is C/C=C/COCC1C=CC=C(Nc2nccc(-c3cccc(C(N)=O)c3)n2)C=C1. The van der Waals surface area contributed by atoms with E-state index < -0.39 is 5.91 Å². The minimum Gasteiger partial charge on any atom is -0.376 e. The van der Waals surface area contributed by atoms with Gasteiger partial charge in [0.25, 0.3) is 0 Å². The molecule has 0 radical (unpaired) electrons. The maximum Gasteiger partial charge on any atom is 0.248 e. The number of nitrogens with zero attached hydrogens (tertiary/aromatic N) is 2. The van der Waals surface area contributed by atoms with Gasteiger partial charge in [0.1, 0.15) is 0 Å². The standard InChI is InChI=1S/C23H24N4O2/c1-2-3-14-29-16-17-6-4-9-20(11-10-17)26-23-25-13-12-21(27-23)18-7-5-8-19(15-18)22(24)28/h2-13,15,17H,14,16H2,1H3,(H2,24,28)(H,25,26,27)/b3-2+. The van der Waals surface area contributed by atoms with Crippen molar-refractivity contribution >= 4 is 11.9 Å². The molecule has 6 heteroatoms. The molecule has 0 spiro atoms. The molecule has 1 aliphatic carbocycles. The summed E-state index contributed by atoms with van der Waals surface area (Å²) in [6, 6.07) is 8.86. The van der Waals surface area contributed by atoms with Crippen LogP contribution in [0.2, 0.25) is 0 Å². The number of nitrogens with two attached hydrogens (primary N) is 1. The fraction of sp³-hybridized carbons (Fsp3) is 0.174. The molecule has 1 atom stereocenters. The maximum absolute atomic E-state index is 11.4. The van der Waals surface area contributed by atoms with E-state index in [2.05, 4.69) is 27.4 Å².